The minimum absolute atomic E-state index is 0.0368. The second-order valence-corrected chi connectivity index (χ2v) is 8.64. The van der Waals surface area contributed by atoms with Crippen molar-refractivity contribution in [1.82, 2.24) is 9.36 Å². The Balaban J connectivity index is 1.65. The minimum Gasteiger partial charge on any atom is -0.459 e. The molecule has 10 heteroatoms. The van der Waals surface area contributed by atoms with Crippen molar-refractivity contribution >= 4 is 17.3 Å². The number of benzene rings is 2. The average molecular weight is 509 g/mol. The van der Waals surface area contributed by atoms with Crippen molar-refractivity contribution in [3.8, 4) is 5.69 Å². The van der Waals surface area contributed by atoms with E-state index in [1.807, 2.05) is 44.3 Å². The molecular formula is C27H32N4O6. The van der Waals surface area contributed by atoms with E-state index in [2.05, 4.69) is 5.32 Å². The van der Waals surface area contributed by atoms with Gasteiger partial charge in [0.15, 0.2) is 5.76 Å². The van der Waals surface area contributed by atoms with Crippen molar-refractivity contribution in [3.63, 3.8) is 0 Å². The maximum Gasteiger partial charge on any atom is 0.290 e. The van der Waals surface area contributed by atoms with Crippen molar-refractivity contribution in [2.45, 2.75) is 25.6 Å². The summed E-state index contributed by atoms with van der Waals surface area (Å²) < 4.78 is 20.4. The number of carbonyl (C=O) groups is 1. The van der Waals surface area contributed by atoms with Gasteiger partial charge in [0, 0.05) is 30.6 Å². The van der Waals surface area contributed by atoms with Crippen LogP contribution in [0.15, 0.2) is 71.2 Å². The third-order valence-electron chi connectivity index (χ3n) is 6.23. The number of nitrogens with zero attached hydrogens (tertiary/aromatic N) is 2. The van der Waals surface area contributed by atoms with Crippen LogP contribution in [-0.4, -0.2) is 53.1 Å². The lowest BCUT2D eigenvalue weighted by Crippen LogP contribution is -2.32. The van der Waals surface area contributed by atoms with Crippen LogP contribution in [0.25, 0.3) is 5.69 Å². The molecule has 0 fully saturated rings. The number of aliphatic hydroxyl groups is 1. The number of carbonyl (C=O) groups excluding carboxylic acids is 1. The van der Waals surface area contributed by atoms with Gasteiger partial charge in [0.05, 0.1) is 43.5 Å². The highest BCUT2D eigenvalue weighted by atomic mass is 16.7. The number of hydrogen-bond acceptors (Lipinski definition) is 7. The van der Waals surface area contributed by atoms with E-state index in [0.717, 1.165) is 11.4 Å². The van der Waals surface area contributed by atoms with Crippen molar-refractivity contribution < 1.29 is 24.1 Å². The zero-order valence-electron chi connectivity index (χ0n) is 20.9. The molecule has 2 unspecified atom stereocenters. The van der Waals surface area contributed by atoms with Crippen LogP contribution in [0.3, 0.4) is 0 Å². The Bertz CT molecular complexity index is 1310. The summed E-state index contributed by atoms with van der Waals surface area (Å²) in [5.74, 6) is -0.894. The van der Waals surface area contributed by atoms with E-state index in [4.69, 9.17) is 25.1 Å². The summed E-state index contributed by atoms with van der Waals surface area (Å²) >= 11 is 0. The van der Waals surface area contributed by atoms with Crippen LogP contribution >= 0.6 is 0 Å². The second kappa shape index (κ2) is 11.9. The molecule has 10 nitrogen and oxygen atoms in total. The van der Waals surface area contributed by atoms with E-state index in [1.54, 1.807) is 39.7 Å². The van der Waals surface area contributed by atoms with Crippen LogP contribution in [0.5, 0.6) is 0 Å². The molecule has 1 aliphatic rings. The number of nitrogens with two attached hydrogens (primary N) is 1. The number of amides is 1. The summed E-state index contributed by atoms with van der Waals surface area (Å²) in [7, 11) is 1.83. The van der Waals surface area contributed by atoms with E-state index in [9.17, 15) is 9.59 Å². The SMILES string of the molecule is Cc1c(C2C=C(C(=O)Nc3ccccc3N)OC(OCCOCCO)C2)c(=O)n(-c2ccccc2)n1C. The summed E-state index contributed by atoms with van der Waals surface area (Å²) in [6.07, 6.45) is 1.21. The summed E-state index contributed by atoms with van der Waals surface area (Å²) in [6, 6.07) is 16.3. The van der Waals surface area contributed by atoms with Gasteiger partial charge in [0.25, 0.3) is 11.5 Å². The Kier molecular flexibility index (Phi) is 8.44. The number of nitrogen functional groups attached to an aromatic ring is 1. The van der Waals surface area contributed by atoms with Crippen LogP contribution < -0.4 is 16.6 Å². The molecule has 0 radical (unpaired) electrons. The number of rotatable bonds is 10. The first kappa shape index (κ1) is 26.2. The fourth-order valence-corrected chi connectivity index (χ4v) is 4.34. The molecular weight excluding hydrogens is 476 g/mol. The highest BCUT2D eigenvalue weighted by molar-refractivity contribution is 6.04. The zero-order chi connectivity index (χ0) is 26.4. The molecule has 0 aliphatic carbocycles. The third-order valence-corrected chi connectivity index (χ3v) is 6.23. The molecule has 1 amide bonds. The minimum atomic E-state index is -0.786. The zero-order valence-corrected chi connectivity index (χ0v) is 20.9. The number of anilines is 2. The average Bonchev–Trinajstić information content (AvgIpc) is 3.13. The standard InChI is InChI=1S/C27H32N4O6/c1-18-25(27(34)31(30(18)2)20-8-4-3-5-9-20)19-16-23(26(33)29-22-11-7-6-10-21(22)28)37-24(17-19)36-15-14-35-13-12-32/h3-11,16,19,24,32H,12-15,17,28H2,1-2H3,(H,29,33). The summed E-state index contributed by atoms with van der Waals surface area (Å²) in [5.41, 5.74) is 8.76. The number of aromatic nitrogens is 2. The van der Waals surface area contributed by atoms with Crippen LogP contribution in [0.2, 0.25) is 0 Å². The van der Waals surface area contributed by atoms with Crippen LogP contribution in [0, 0.1) is 6.92 Å². The molecule has 2 heterocycles. The number of aliphatic hydroxyl groups excluding tert-OH is 1. The van der Waals surface area contributed by atoms with Gasteiger partial charge >= 0.3 is 0 Å². The Morgan fingerprint density at radius 1 is 1.14 bits per heavy atom. The number of para-hydroxylation sites is 3. The topological polar surface area (TPSA) is 130 Å². The summed E-state index contributed by atoms with van der Waals surface area (Å²) in [4.78, 5) is 26.8. The Morgan fingerprint density at radius 2 is 1.86 bits per heavy atom. The largest absolute Gasteiger partial charge is 0.459 e. The van der Waals surface area contributed by atoms with Crippen molar-refractivity contribution in [3.05, 3.63) is 88.0 Å². The molecule has 0 saturated carbocycles. The normalized spacial score (nSPS) is 17.2. The molecule has 0 bridgehead atoms. The molecule has 0 saturated heterocycles. The first-order chi connectivity index (χ1) is 17.9. The van der Waals surface area contributed by atoms with Crippen molar-refractivity contribution in [2.75, 3.05) is 37.5 Å². The highest BCUT2D eigenvalue weighted by Gasteiger charge is 2.33. The smallest absolute Gasteiger partial charge is 0.290 e. The van der Waals surface area contributed by atoms with Crippen molar-refractivity contribution in [2.24, 2.45) is 7.05 Å². The fraction of sp³-hybridized carbons (Fsp3) is 0.333. The van der Waals surface area contributed by atoms with Crippen LogP contribution in [0.4, 0.5) is 11.4 Å². The van der Waals surface area contributed by atoms with Gasteiger partial charge in [-0.15, -0.1) is 0 Å². The van der Waals surface area contributed by atoms with Gasteiger partial charge in [-0.1, -0.05) is 30.3 Å². The predicted octanol–water partition coefficient (Wildman–Crippen LogP) is 2.44. The number of nitrogens with one attached hydrogen (secondary N) is 1. The molecule has 4 rings (SSSR count). The van der Waals surface area contributed by atoms with E-state index in [-0.39, 0.29) is 37.7 Å². The van der Waals surface area contributed by atoms with Crippen LogP contribution in [0.1, 0.15) is 23.6 Å². The predicted molar refractivity (Wildman–Crippen MR) is 139 cm³/mol. The van der Waals surface area contributed by atoms with E-state index < -0.39 is 18.1 Å². The second-order valence-electron chi connectivity index (χ2n) is 8.64. The maximum atomic E-state index is 13.6. The molecule has 2 aromatic carbocycles. The van der Waals surface area contributed by atoms with Gasteiger partial charge in [-0.05, 0) is 37.3 Å². The molecule has 37 heavy (non-hydrogen) atoms. The molecule has 3 aromatic rings. The molecule has 1 aliphatic heterocycles. The van der Waals surface area contributed by atoms with Gasteiger partial charge in [-0.3, -0.25) is 14.3 Å². The lowest BCUT2D eigenvalue weighted by Gasteiger charge is -2.29. The maximum absolute atomic E-state index is 13.6. The van der Waals surface area contributed by atoms with Gasteiger partial charge in [0.2, 0.25) is 6.29 Å². The quantitative estimate of drug-likeness (QED) is 0.283. The monoisotopic (exact) mass is 508 g/mol. The Labute approximate surface area is 214 Å². The third kappa shape index (κ3) is 5.93. The summed E-state index contributed by atoms with van der Waals surface area (Å²) in [5, 5.41) is 11.7. The molecule has 4 N–H and O–H groups in total. The van der Waals surface area contributed by atoms with Crippen LogP contribution in [-0.2, 0) is 26.1 Å². The fourth-order valence-electron chi connectivity index (χ4n) is 4.34. The molecule has 0 spiro atoms. The Morgan fingerprint density at radius 3 is 2.59 bits per heavy atom. The van der Waals surface area contributed by atoms with Gasteiger partial charge in [-0.2, -0.15) is 0 Å². The van der Waals surface area contributed by atoms with Crippen molar-refractivity contribution in [1.29, 1.82) is 0 Å². The van der Waals surface area contributed by atoms with E-state index >= 15 is 0 Å². The van der Waals surface area contributed by atoms with E-state index in [0.29, 0.717) is 23.4 Å². The van der Waals surface area contributed by atoms with E-state index in [1.165, 1.54) is 0 Å². The van der Waals surface area contributed by atoms with Gasteiger partial charge in [0.1, 0.15) is 0 Å². The molecule has 196 valence electrons. The molecule has 2 atom stereocenters. The van der Waals surface area contributed by atoms with Gasteiger partial charge in [-0.25, -0.2) is 4.68 Å². The molecule has 1 aromatic heterocycles. The highest BCUT2D eigenvalue weighted by Crippen LogP contribution is 2.33. The first-order valence-electron chi connectivity index (χ1n) is 12.1. The first-order valence-corrected chi connectivity index (χ1v) is 12.1. The summed E-state index contributed by atoms with van der Waals surface area (Å²) in [6.45, 7) is 2.44. The lowest BCUT2D eigenvalue weighted by atomic mass is 9.93. The lowest BCUT2D eigenvalue weighted by molar-refractivity contribution is -0.148. The number of ether oxygens (including phenoxy) is 3. The number of allylic oxidation sites excluding steroid dienone is 1. The Hall–Kier alpha value is -3.86. The van der Waals surface area contributed by atoms with Gasteiger partial charge < -0.3 is 30.4 Å². The number of hydrogen-bond donors (Lipinski definition) is 3.